The van der Waals surface area contributed by atoms with Crippen LogP contribution in [-0.2, 0) is 4.74 Å². The van der Waals surface area contributed by atoms with Crippen molar-refractivity contribution in [3.63, 3.8) is 0 Å². The lowest BCUT2D eigenvalue weighted by molar-refractivity contribution is 0.122. The summed E-state index contributed by atoms with van der Waals surface area (Å²) in [5.41, 5.74) is 0. The van der Waals surface area contributed by atoms with Gasteiger partial charge in [-0.3, -0.25) is 0 Å². The highest BCUT2D eigenvalue weighted by Crippen LogP contribution is 2.16. The van der Waals surface area contributed by atoms with Crippen molar-refractivity contribution < 1.29 is 9.47 Å². The summed E-state index contributed by atoms with van der Waals surface area (Å²) in [5, 5.41) is 0.174. The monoisotopic (exact) mass is 314 g/mol. The second-order valence-electron chi connectivity index (χ2n) is 5.05. The van der Waals surface area contributed by atoms with Gasteiger partial charge in [0.05, 0.1) is 19.8 Å². The second-order valence-corrected chi connectivity index (χ2v) is 5.39. The largest absolute Gasteiger partial charge is 0.463 e. The molecule has 1 aromatic rings. The molecule has 0 N–H and O–H groups in total. The van der Waals surface area contributed by atoms with E-state index in [1.54, 1.807) is 0 Å². The third-order valence-corrected chi connectivity index (χ3v) is 3.52. The Kier molecular flexibility index (Phi) is 6.95. The smallest absolute Gasteiger partial charge is 0.322 e. The Labute approximate surface area is 130 Å². The third kappa shape index (κ3) is 5.63. The molecule has 0 spiro atoms. The zero-order valence-corrected chi connectivity index (χ0v) is 13.3. The van der Waals surface area contributed by atoms with Crippen molar-refractivity contribution in [2.75, 3.05) is 37.8 Å². The Bertz CT molecular complexity index is 427. The van der Waals surface area contributed by atoms with Crippen molar-refractivity contribution in [1.82, 2.24) is 15.0 Å². The van der Waals surface area contributed by atoms with E-state index >= 15 is 0 Å². The van der Waals surface area contributed by atoms with Crippen LogP contribution in [0.1, 0.15) is 39.0 Å². The highest BCUT2D eigenvalue weighted by Gasteiger charge is 2.16. The molecule has 0 aliphatic carbocycles. The van der Waals surface area contributed by atoms with Gasteiger partial charge < -0.3 is 14.4 Å². The molecule has 0 radical (unpaired) electrons. The zero-order chi connectivity index (χ0) is 14.9. The number of hydrogen-bond donors (Lipinski definition) is 0. The van der Waals surface area contributed by atoms with Crippen molar-refractivity contribution in [2.24, 2.45) is 0 Å². The molecule has 7 heteroatoms. The first-order chi connectivity index (χ1) is 10.3. The Morgan fingerprint density at radius 3 is 2.62 bits per heavy atom. The van der Waals surface area contributed by atoms with Gasteiger partial charge in [0.15, 0.2) is 0 Å². The molecule has 118 valence electrons. The highest BCUT2D eigenvalue weighted by molar-refractivity contribution is 6.28. The maximum atomic E-state index is 5.95. The van der Waals surface area contributed by atoms with E-state index in [9.17, 15) is 0 Å². The first-order valence-corrected chi connectivity index (χ1v) is 8.04. The molecular formula is C14H23ClN4O2. The van der Waals surface area contributed by atoms with Crippen molar-refractivity contribution in [1.29, 1.82) is 0 Å². The molecule has 0 saturated carbocycles. The molecule has 1 saturated heterocycles. The van der Waals surface area contributed by atoms with Gasteiger partial charge >= 0.3 is 6.01 Å². The maximum absolute atomic E-state index is 5.95. The fraction of sp³-hybridized carbons (Fsp3) is 0.786. The minimum atomic E-state index is 0.174. The first-order valence-electron chi connectivity index (χ1n) is 7.66. The molecule has 0 amide bonds. The average Bonchev–Trinajstić information content (AvgIpc) is 2.51. The van der Waals surface area contributed by atoms with E-state index in [1.165, 1.54) is 25.7 Å². The second kappa shape index (κ2) is 9.00. The van der Waals surface area contributed by atoms with Gasteiger partial charge in [0.25, 0.3) is 0 Å². The Balaban J connectivity index is 1.83. The number of halogens is 1. The van der Waals surface area contributed by atoms with Gasteiger partial charge in [-0.1, -0.05) is 32.6 Å². The van der Waals surface area contributed by atoms with Gasteiger partial charge in [0.1, 0.15) is 0 Å². The summed E-state index contributed by atoms with van der Waals surface area (Å²) in [6.07, 6.45) is 5.95. The lowest BCUT2D eigenvalue weighted by Gasteiger charge is -2.26. The first kappa shape index (κ1) is 16.2. The molecule has 6 nitrogen and oxygen atoms in total. The van der Waals surface area contributed by atoms with Gasteiger partial charge in [0, 0.05) is 13.1 Å². The topological polar surface area (TPSA) is 60.4 Å². The molecule has 2 heterocycles. The maximum Gasteiger partial charge on any atom is 0.322 e. The summed E-state index contributed by atoms with van der Waals surface area (Å²) < 4.78 is 10.9. The van der Waals surface area contributed by atoms with Crippen molar-refractivity contribution in [3.8, 4) is 6.01 Å². The normalized spacial score (nSPS) is 15.2. The van der Waals surface area contributed by atoms with Gasteiger partial charge in [-0.25, -0.2) is 0 Å². The molecule has 0 atom stereocenters. The molecular weight excluding hydrogens is 292 g/mol. The SMILES string of the molecule is CCCCCCCOc1nc(Cl)nc(N2CCOCC2)n1. The van der Waals surface area contributed by atoms with E-state index in [0.717, 1.165) is 19.5 Å². The van der Waals surface area contributed by atoms with Gasteiger partial charge in [-0.15, -0.1) is 0 Å². The zero-order valence-electron chi connectivity index (χ0n) is 12.6. The average molecular weight is 315 g/mol. The summed E-state index contributed by atoms with van der Waals surface area (Å²) in [5.74, 6) is 0.569. The lowest BCUT2D eigenvalue weighted by Crippen LogP contribution is -2.37. The molecule has 1 fully saturated rings. The van der Waals surface area contributed by atoms with Crippen LogP contribution in [0.5, 0.6) is 6.01 Å². The number of aromatic nitrogens is 3. The van der Waals surface area contributed by atoms with Crippen LogP contribution in [0.15, 0.2) is 0 Å². The van der Waals surface area contributed by atoms with E-state index in [-0.39, 0.29) is 5.28 Å². The number of morpholine rings is 1. The van der Waals surface area contributed by atoms with Crippen LogP contribution < -0.4 is 9.64 Å². The van der Waals surface area contributed by atoms with Crippen LogP contribution in [-0.4, -0.2) is 47.9 Å². The minimum Gasteiger partial charge on any atom is -0.463 e. The van der Waals surface area contributed by atoms with Crippen LogP contribution in [0.2, 0.25) is 5.28 Å². The lowest BCUT2D eigenvalue weighted by atomic mass is 10.2. The quantitative estimate of drug-likeness (QED) is 0.688. The molecule has 1 aliphatic rings. The van der Waals surface area contributed by atoms with Crippen LogP contribution in [0.25, 0.3) is 0 Å². The van der Waals surface area contributed by atoms with Crippen molar-refractivity contribution in [3.05, 3.63) is 5.28 Å². The van der Waals surface area contributed by atoms with Crippen LogP contribution in [0.4, 0.5) is 5.95 Å². The Hall–Kier alpha value is -1.14. The summed E-state index contributed by atoms with van der Waals surface area (Å²) >= 11 is 5.95. The molecule has 0 unspecified atom stereocenters. The fourth-order valence-electron chi connectivity index (χ4n) is 2.16. The number of nitrogens with zero attached hydrogens (tertiary/aromatic N) is 4. The summed E-state index contributed by atoms with van der Waals surface area (Å²) in [6, 6.07) is 0.312. The molecule has 0 aromatic carbocycles. The minimum absolute atomic E-state index is 0.174. The predicted octanol–water partition coefficient (Wildman–Crippen LogP) is 2.71. The van der Waals surface area contributed by atoms with Crippen LogP contribution in [0.3, 0.4) is 0 Å². The molecule has 2 rings (SSSR count). The predicted molar refractivity (Wildman–Crippen MR) is 82.1 cm³/mol. The van der Waals surface area contributed by atoms with E-state index in [0.29, 0.717) is 31.8 Å². The van der Waals surface area contributed by atoms with Gasteiger partial charge in [0.2, 0.25) is 11.2 Å². The summed E-state index contributed by atoms with van der Waals surface area (Å²) in [7, 11) is 0. The molecule has 21 heavy (non-hydrogen) atoms. The highest BCUT2D eigenvalue weighted by atomic mass is 35.5. The molecule has 1 aromatic heterocycles. The fourth-order valence-corrected chi connectivity index (χ4v) is 2.31. The molecule has 1 aliphatic heterocycles. The number of ether oxygens (including phenoxy) is 2. The van der Waals surface area contributed by atoms with Crippen molar-refractivity contribution in [2.45, 2.75) is 39.0 Å². The van der Waals surface area contributed by atoms with Crippen LogP contribution in [0, 0.1) is 0 Å². The Morgan fingerprint density at radius 1 is 1.10 bits per heavy atom. The Morgan fingerprint density at radius 2 is 1.86 bits per heavy atom. The number of hydrogen-bond acceptors (Lipinski definition) is 6. The third-order valence-electron chi connectivity index (χ3n) is 3.35. The molecule has 0 bridgehead atoms. The van der Waals surface area contributed by atoms with Crippen molar-refractivity contribution >= 4 is 17.5 Å². The summed E-state index contributed by atoms with van der Waals surface area (Å²) in [4.78, 5) is 14.6. The standard InChI is InChI=1S/C14H23ClN4O2/c1-2-3-4-5-6-9-21-14-17-12(15)16-13(18-14)19-7-10-20-11-8-19/h2-11H2,1H3. The van der Waals surface area contributed by atoms with Crippen LogP contribution >= 0.6 is 11.6 Å². The number of rotatable bonds is 8. The van der Waals surface area contributed by atoms with Gasteiger partial charge in [-0.2, -0.15) is 15.0 Å². The van der Waals surface area contributed by atoms with E-state index in [2.05, 4.69) is 21.9 Å². The summed E-state index contributed by atoms with van der Waals surface area (Å²) in [6.45, 7) is 5.70. The number of unbranched alkanes of at least 4 members (excludes halogenated alkanes) is 4. The number of anilines is 1. The van der Waals surface area contributed by atoms with Gasteiger partial charge in [-0.05, 0) is 18.0 Å². The van der Waals surface area contributed by atoms with E-state index in [1.807, 2.05) is 4.90 Å². The van der Waals surface area contributed by atoms with E-state index < -0.39 is 0 Å². The van der Waals surface area contributed by atoms with E-state index in [4.69, 9.17) is 21.1 Å².